The SMILES string of the molecule is CC1(c2ccc(-c3cccc(F)c3)cc2)CC1. The van der Waals surface area contributed by atoms with Crippen LogP contribution in [0.3, 0.4) is 0 Å². The van der Waals surface area contributed by atoms with Crippen molar-refractivity contribution in [3.05, 3.63) is 59.9 Å². The summed E-state index contributed by atoms with van der Waals surface area (Å²) in [5, 5.41) is 0. The maximum Gasteiger partial charge on any atom is 0.123 e. The summed E-state index contributed by atoms with van der Waals surface area (Å²) >= 11 is 0. The van der Waals surface area contributed by atoms with E-state index < -0.39 is 0 Å². The third kappa shape index (κ3) is 1.97. The summed E-state index contributed by atoms with van der Waals surface area (Å²) in [6, 6.07) is 15.3. The molecule has 0 spiro atoms. The number of hydrogen-bond donors (Lipinski definition) is 0. The summed E-state index contributed by atoms with van der Waals surface area (Å²) in [4.78, 5) is 0. The highest BCUT2D eigenvalue weighted by Crippen LogP contribution is 2.47. The van der Waals surface area contributed by atoms with E-state index in [2.05, 4.69) is 31.2 Å². The molecule has 3 rings (SSSR count). The second kappa shape index (κ2) is 3.69. The zero-order valence-electron chi connectivity index (χ0n) is 9.91. The van der Waals surface area contributed by atoms with Crippen LogP contribution in [-0.2, 0) is 5.41 Å². The van der Waals surface area contributed by atoms with Crippen molar-refractivity contribution in [3.63, 3.8) is 0 Å². The van der Waals surface area contributed by atoms with Gasteiger partial charge in [0.2, 0.25) is 0 Å². The van der Waals surface area contributed by atoms with Crippen LogP contribution in [0.4, 0.5) is 4.39 Å². The van der Waals surface area contributed by atoms with Gasteiger partial charge in [-0.3, -0.25) is 0 Å². The third-order valence-electron chi connectivity index (χ3n) is 3.74. The highest BCUT2D eigenvalue weighted by molar-refractivity contribution is 5.64. The molecular weight excluding hydrogens is 211 g/mol. The van der Waals surface area contributed by atoms with Gasteiger partial charge in [-0.15, -0.1) is 0 Å². The first-order valence-corrected chi connectivity index (χ1v) is 6.04. The summed E-state index contributed by atoms with van der Waals surface area (Å²) in [5.41, 5.74) is 3.83. The van der Waals surface area contributed by atoms with E-state index in [1.165, 1.54) is 24.5 Å². The Hall–Kier alpha value is -1.63. The van der Waals surface area contributed by atoms with E-state index in [4.69, 9.17) is 0 Å². The van der Waals surface area contributed by atoms with Gasteiger partial charge in [0.05, 0.1) is 0 Å². The zero-order chi connectivity index (χ0) is 11.9. The van der Waals surface area contributed by atoms with Crippen molar-refractivity contribution in [2.75, 3.05) is 0 Å². The van der Waals surface area contributed by atoms with Gasteiger partial charge in [0.1, 0.15) is 5.82 Å². The maximum atomic E-state index is 13.1. The molecule has 0 unspecified atom stereocenters. The first-order valence-electron chi connectivity index (χ1n) is 6.04. The zero-order valence-corrected chi connectivity index (χ0v) is 9.91. The van der Waals surface area contributed by atoms with E-state index in [1.54, 1.807) is 12.1 Å². The first kappa shape index (κ1) is 10.5. The van der Waals surface area contributed by atoms with Crippen LogP contribution in [0, 0.1) is 5.82 Å². The van der Waals surface area contributed by atoms with Crippen LogP contribution in [0.5, 0.6) is 0 Å². The second-order valence-corrected chi connectivity index (χ2v) is 5.15. The Labute approximate surface area is 101 Å². The predicted octanol–water partition coefficient (Wildman–Crippen LogP) is 4.54. The van der Waals surface area contributed by atoms with Crippen LogP contribution in [0.2, 0.25) is 0 Å². The van der Waals surface area contributed by atoms with Crippen LogP contribution >= 0.6 is 0 Å². The Kier molecular flexibility index (Phi) is 2.29. The highest BCUT2D eigenvalue weighted by Gasteiger charge is 2.38. The fraction of sp³-hybridized carbons (Fsp3) is 0.250. The molecule has 2 aromatic rings. The summed E-state index contributed by atoms with van der Waals surface area (Å²) in [6.45, 7) is 2.30. The van der Waals surface area contributed by atoms with Crippen molar-refractivity contribution in [2.24, 2.45) is 0 Å². The Balaban J connectivity index is 1.94. The molecule has 86 valence electrons. The topological polar surface area (TPSA) is 0 Å². The average molecular weight is 226 g/mol. The van der Waals surface area contributed by atoms with Gasteiger partial charge in [0.15, 0.2) is 0 Å². The minimum absolute atomic E-state index is 0.180. The third-order valence-corrected chi connectivity index (χ3v) is 3.74. The fourth-order valence-electron chi connectivity index (χ4n) is 2.21. The lowest BCUT2D eigenvalue weighted by Crippen LogP contribution is -1.98. The lowest BCUT2D eigenvalue weighted by atomic mass is 9.95. The van der Waals surface area contributed by atoms with Gasteiger partial charge in [-0.2, -0.15) is 0 Å². The minimum Gasteiger partial charge on any atom is -0.207 e. The molecule has 0 atom stereocenters. The van der Waals surface area contributed by atoms with Crippen LogP contribution in [-0.4, -0.2) is 0 Å². The normalized spacial score (nSPS) is 16.8. The van der Waals surface area contributed by atoms with Crippen molar-refractivity contribution in [1.29, 1.82) is 0 Å². The van der Waals surface area contributed by atoms with Gasteiger partial charge in [-0.05, 0) is 47.1 Å². The molecule has 1 heteroatoms. The smallest absolute Gasteiger partial charge is 0.123 e. The van der Waals surface area contributed by atoms with E-state index in [1.807, 2.05) is 6.07 Å². The lowest BCUT2D eigenvalue weighted by molar-refractivity contribution is 0.628. The Morgan fingerprint density at radius 2 is 1.65 bits per heavy atom. The second-order valence-electron chi connectivity index (χ2n) is 5.15. The largest absolute Gasteiger partial charge is 0.207 e. The molecule has 0 N–H and O–H groups in total. The Bertz CT molecular complexity index is 536. The number of rotatable bonds is 2. The fourth-order valence-corrected chi connectivity index (χ4v) is 2.21. The molecule has 1 aliphatic carbocycles. The van der Waals surface area contributed by atoms with E-state index in [0.717, 1.165) is 11.1 Å². The number of hydrogen-bond acceptors (Lipinski definition) is 0. The summed E-state index contributed by atoms with van der Waals surface area (Å²) in [5.74, 6) is -0.180. The quantitative estimate of drug-likeness (QED) is 0.705. The molecule has 17 heavy (non-hydrogen) atoms. The molecule has 1 fully saturated rings. The van der Waals surface area contributed by atoms with E-state index in [9.17, 15) is 4.39 Å². The molecule has 1 aliphatic rings. The Morgan fingerprint density at radius 3 is 2.24 bits per heavy atom. The predicted molar refractivity (Wildman–Crippen MR) is 68.4 cm³/mol. The molecular formula is C16H15F. The molecule has 0 aliphatic heterocycles. The van der Waals surface area contributed by atoms with Crippen LogP contribution in [0.25, 0.3) is 11.1 Å². The van der Waals surface area contributed by atoms with Gasteiger partial charge in [-0.1, -0.05) is 43.3 Å². The van der Waals surface area contributed by atoms with Gasteiger partial charge in [-0.25, -0.2) is 4.39 Å². The average Bonchev–Trinajstić information content (AvgIpc) is 3.09. The number of benzene rings is 2. The molecule has 0 amide bonds. The monoisotopic (exact) mass is 226 g/mol. The minimum atomic E-state index is -0.180. The van der Waals surface area contributed by atoms with Crippen molar-refractivity contribution < 1.29 is 4.39 Å². The van der Waals surface area contributed by atoms with E-state index in [0.29, 0.717) is 5.41 Å². The molecule has 0 radical (unpaired) electrons. The van der Waals surface area contributed by atoms with Crippen LogP contribution in [0.15, 0.2) is 48.5 Å². The van der Waals surface area contributed by atoms with E-state index in [-0.39, 0.29) is 5.82 Å². The molecule has 0 saturated heterocycles. The van der Waals surface area contributed by atoms with Crippen LogP contribution in [0.1, 0.15) is 25.3 Å². The van der Waals surface area contributed by atoms with Crippen molar-refractivity contribution >= 4 is 0 Å². The highest BCUT2D eigenvalue weighted by atomic mass is 19.1. The van der Waals surface area contributed by atoms with Gasteiger partial charge >= 0.3 is 0 Å². The van der Waals surface area contributed by atoms with E-state index >= 15 is 0 Å². The lowest BCUT2D eigenvalue weighted by Gasteiger charge is -2.09. The number of halogens is 1. The molecule has 1 saturated carbocycles. The van der Waals surface area contributed by atoms with Crippen molar-refractivity contribution in [1.82, 2.24) is 0 Å². The first-order chi connectivity index (χ1) is 8.17. The Morgan fingerprint density at radius 1 is 0.941 bits per heavy atom. The van der Waals surface area contributed by atoms with Crippen LogP contribution < -0.4 is 0 Å². The van der Waals surface area contributed by atoms with Gasteiger partial charge in [0.25, 0.3) is 0 Å². The standard InChI is InChI=1S/C16H15F/c1-16(9-10-16)14-7-5-12(6-8-14)13-3-2-4-15(17)11-13/h2-8,11H,9-10H2,1H3. The summed E-state index contributed by atoms with van der Waals surface area (Å²) in [7, 11) is 0. The molecule has 0 nitrogen and oxygen atoms in total. The van der Waals surface area contributed by atoms with Gasteiger partial charge < -0.3 is 0 Å². The van der Waals surface area contributed by atoms with Crippen molar-refractivity contribution in [2.45, 2.75) is 25.2 Å². The molecule has 0 bridgehead atoms. The van der Waals surface area contributed by atoms with Gasteiger partial charge in [0, 0.05) is 0 Å². The molecule has 2 aromatic carbocycles. The summed E-state index contributed by atoms with van der Waals surface area (Å²) in [6.07, 6.45) is 2.57. The van der Waals surface area contributed by atoms with Crippen molar-refractivity contribution in [3.8, 4) is 11.1 Å². The maximum absolute atomic E-state index is 13.1. The molecule has 0 aromatic heterocycles. The summed E-state index contributed by atoms with van der Waals surface area (Å²) < 4.78 is 13.1. The molecule has 0 heterocycles.